The molecule has 0 saturated heterocycles. The summed E-state index contributed by atoms with van der Waals surface area (Å²) in [5.41, 5.74) is 4.51. The van der Waals surface area contributed by atoms with Crippen LogP contribution in [0.5, 0.6) is 5.75 Å². The zero-order valence-electron chi connectivity index (χ0n) is 16.3. The predicted octanol–water partition coefficient (Wildman–Crippen LogP) is 3.96. The minimum atomic E-state index is -0.477. The highest BCUT2D eigenvalue weighted by Crippen LogP contribution is 2.27. The van der Waals surface area contributed by atoms with Gasteiger partial charge in [-0.25, -0.2) is 5.43 Å². The maximum atomic E-state index is 12.1. The van der Waals surface area contributed by atoms with Crippen LogP contribution in [-0.4, -0.2) is 38.2 Å². The number of ether oxygens (including phenoxy) is 1. The Labute approximate surface area is 179 Å². The topological polar surface area (TPSA) is 83.0 Å². The van der Waals surface area contributed by atoms with Crippen LogP contribution in [0.2, 0.25) is 10.0 Å². The molecule has 0 aliphatic heterocycles. The quantitative estimate of drug-likeness (QED) is 0.484. The molecule has 0 aromatic heterocycles. The van der Waals surface area contributed by atoms with Gasteiger partial charge < -0.3 is 15.0 Å². The fourth-order valence-corrected chi connectivity index (χ4v) is 2.71. The molecule has 29 heavy (non-hydrogen) atoms. The van der Waals surface area contributed by atoms with Crippen molar-refractivity contribution < 1.29 is 14.3 Å². The average Bonchev–Trinajstić information content (AvgIpc) is 2.66. The molecule has 2 amide bonds. The Bertz CT molecular complexity index is 899. The Morgan fingerprint density at radius 1 is 1.07 bits per heavy atom. The molecule has 2 rings (SSSR count). The van der Waals surface area contributed by atoms with Gasteiger partial charge in [0.05, 0.1) is 11.4 Å². The lowest BCUT2D eigenvalue weighted by atomic mass is 10.2. The van der Waals surface area contributed by atoms with Gasteiger partial charge in [0.15, 0.2) is 6.61 Å². The van der Waals surface area contributed by atoms with E-state index in [1.54, 1.807) is 19.1 Å². The molecule has 0 unspecified atom stereocenters. The first kappa shape index (κ1) is 22.5. The SMILES string of the molecule is C/C(CC(=O)Nc1ccc(N(C)C)cc1)=N/NC(=O)COc1ccc(Cl)cc1Cl. The highest BCUT2D eigenvalue weighted by atomic mass is 35.5. The number of carbonyl (C=O) groups is 2. The molecule has 0 spiro atoms. The normalized spacial score (nSPS) is 11.0. The van der Waals surface area contributed by atoms with Gasteiger partial charge in [0.2, 0.25) is 5.91 Å². The molecule has 0 aliphatic rings. The van der Waals surface area contributed by atoms with E-state index in [0.29, 0.717) is 27.2 Å². The summed E-state index contributed by atoms with van der Waals surface area (Å²) in [7, 11) is 3.88. The lowest BCUT2D eigenvalue weighted by Crippen LogP contribution is -2.26. The molecule has 0 bridgehead atoms. The number of amides is 2. The molecule has 0 radical (unpaired) electrons. The zero-order chi connectivity index (χ0) is 21.4. The van der Waals surface area contributed by atoms with Crippen molar-refractivity contribution in [2.24, 2.45) is 5.10 Å². The molecule has 2 N–H and O–H groups in total. The van der Waals surface area contributed by atoms with E-state index in [-0.39, 0.29) is 18.9 Å². The second kappa shape index (κ2) is 10.7. The van der Waals surface area contributed by atoms with Crippen LogP contribution in [0.4, 0.5) is 11.4 Å². The van der Waals surface area contributed by atoms with Crippen LogP contribution in [0, 0.1) is 0 Å². The molecule has 0 saturated carbocycles. The van der Waals surface area contributed by atoms with Gasteiger partial charge in [-0.05, 0) is 49.4 Å². The lowest BCUT2D eigenvalue weighted by molar-refractivity contribution is -0.123. The zero-order valence-corrected chi connectivity index (χ0v) is 17.8. The first-order chi connectivity index (χ1) is 13.7. The standard InChI is InChI=1S/C20H22Cl2N4O3/c1-13(10-19(27)23-15-5-7-16(8-6-15)26(2)3)24-25-20(28)12-29-18-9-4-14(21)11-17(18)22/h4-9,11H,10,12H2,1-3H3,(H,23,27)(H,25,28)/b24-13-. The first-order valence-corrected chi connectivity index (χ1v) is 9.47. The molecule has 2 aromatic rings. The van der Waals surface area contributed by atoms with Crippen molar-refractivity contribution in [2.75, 3.05) is 30.9 Å². The van der Waals surface area contributed by atoms with Crippen LogP contribution in [0.15, 0.2) is 47.6 Å². The minimum absolute atomic E-state index is 0.0413. The summed E-state index contributed by atoms with van der Waals surface area (Å²) < 4.78 is 5.32. The number of hydrazone groups is 1. The number of carbonyl (C=O) groups excluding carboxylic acids is 2. The van der Waals surface area contributed by atoms with Crippen LogP contribution in [-0.2, 0) is 9.59 Å². The summed E-state index contributed by atoms with van der Waals surface area (Å²) >= 11 is 11.8. The maximum absolute atomic E-state index is 12.1. The van der Waals surface area contributed by atoms with Crippen LogP contribution in [0.25, 0.3) is 0 Å². The summed E-state index contributed by atoms with van der Waals surface area (Å²) in [5, 5.41) is 7.47. The van der Waals surface area contributed by atoms with E-state index in [4.69, 9.17) is 27.9 Å². The largest absolute Gasteiger partial charge is 0.482 e. The van der Waals surface area contributed by atoms with E-state index in [0.717, 1.165) is 5.69 Å². The average molecular weight is 437 g/mol. The van der Waals surface area contributed by atoms with Gasteiger partial charge >= 0.3 is 0 Å². The fraction of sp³-hybridized carbons (Fsp3) is 0.250. The van der Waals surface area contributed by atoms with Crippen molar-refractivity contribution in [3.05, 3.63) is 52.5 Å². The summed E-state index contributed by atoms with van der Waals surface area (Å²) in [4.78, 5) is 25.9. The van der Waals surface area contributed by atoms with Crippen molar-refractivity contribution in [3.8, 4) is 5.75 Å². The molecule has 0 fully saturated rings. The Morgan fingerprint density at radius 3 is 2.38 bits per heavy atom. The smallest absolute Gasteiger partial charge is 0.277 e. The third kappa shape index (κ3) is 7.63. The Kier molecular flexibility index (Phi) is 8.30. The van der Waals surface area contributed by atoms with Crippen LogP contribution in [0.3, 0.4) is 0 Å². The molecule has 7 nitrogen and oxygen atoms in total. The molecule has 0 atom stereocenters. The van der Waals surface area contributed by atoms with E-state index in [1.807, 2.05) is 43.3 Å². The summed E-state index contributed by atoms with van der Waals surface area (Å²) in [6.45, 7) is 1.37. The van der Waals surface area contributed by atoms with Gasteiger partial charge in [-0.1, -0.05) is 23.2 Å². The minimum Gasteiger partial charge on any atom is -0.482 e. The highest BCUT2D eigenvalue weighted by molar-refractivity contribution is 6.35. The number of rotatable bonds is 8. The third-order valence-corrected chi connectivity index (χ3v) is 4.24. The van der Waals surface area contributed by atoms with Crippen LogP contribution in [0.1, 0.15) is 13.3 Å². The Balaban J connectivity index is 1.78. The number of benzene rings is 2. The number of halogens is 2. The Hall–Kier alpha value is -2.77. The van der Waals surface area contributed by atoms with E-state index in [9.17, 15) is 9.59 Å². The van der Waals surface area contributed by atoms with Gasteiger partial charge in [-0.15, -0.1) is 0 Å². The molecule has 0 heterocycles. The van der Waals surface area contributed by atoms with E-state index in [2.05, 4.69) is 15.8 Å². The van der Waals surface area contributed by atoms with Crippen molar-refractivity contribution in [3.63, 3.8) is 0 Å². The van der Waals surface area contributed by atoms with Gasteiger partial charge in [-0.3, -0.25) is 9.59 Å². The molecule has 0 aliphatic carbocycles. The predicted molar refractivity (Wildman–Crippen MR) is 117 cm³/mol. The van der Waals surface area contributed by atoms with Gasteiger partial charge in [0.25, 0.3) is 5.91 Å². The van der Waals surface area contributed by atoms with Crippen LogP contribution < -0.4 is 20.4 Å². The second-order valence-electron chi connectivity index (χ2n) is 6.41. The second-order valence-corrected chi connectivity index (χ2v) is 7.26. The lowest BCUT2D eigenvalue weighted by Gasteiger charge is -2.13. The van der Waals surface area contributed by atoms with Gasteiger partial charge in [0, 0.05) is 36.2 Å². The van der Waals surface area contributed by atoms with E-state index >= 15 is 0 Å². The fourth-order valence-electron chi connectivity index (χ4n) is 2.25. The van der Waals surface area contributed by atoms with E-state index in [1.165, 1.54) is 6.07 Å². The first-order valence-electron chi connectivity index (χ1n) is 8.71. The van der Waals surface area contributed by atoms with Crippen molar-refractivity contribution in [1.82, 2.24) is 5.43 Å². The number of nitrogens with zero attached hydrogens (tertiary/aromatic N) is 2. The third-order valence-electron chi connectivity index (χ3n) is 3.71. The molecule has 9 heteroatoms. The number of anilines is 2. The monoisotopic (exact) mass is 436 g/mol. The maximum Gasteiger partial charge on any atom is 0.277 e. The van der Waals surface area contributed by atoms with Crippen molar-refractivity contribution in [1.29, 1.82) is 0 Å². The number of hydrogen-bond acceptors (Lipinski definition) is 5. The Morgan fingerprint density at radius 2 is 1.76 bits per heavy atom. The number of nitrogens with one attached hydrogen (secondary N) is 2. The molecular weight excluding hydrogens is 415 g/mol. The summed E-state index contributed by atoms with van der Waals surface area (Å²) in [5.74, 6) is -0.371. The van der Waals surface area contributed by atoms with Crippen molar-refractivity contribution >= 4 is 52.1 Å². The molecule has 2 aromatic carbocycles. The van der Waals surface area contributed by atoms with Gasteiger partial charge in [0.1, 0.15) is 5.75 Å². The van der Waals surface area contributed by atoms with E-state index < -0.39 is 5.91 Å². The molecular formula is C20H22Cl2N4O3. The molecule has 154 valence electrons. The highest BCUT2D eigenvalue weighted by Gasteiger charge is 2.08. The van der Waals surface area contributed by atoms with Crippen molar-refractivity contribution in [2.45, 2.75) is 13.3 Å². The number of hydrogen-bond donors (Lipinski definition) is 2. The summed E-state index contributed by atoms with van der Waals surface area (Å²) in [6, 6.07) is 12.2. The van der Waals surface area contributed by atoms with Crippen LogP contribution >= 0.6 is 23.2 Å². The van der Waals surface area contributed by atoms with Gasteiger partial charge in [-0.2, -0.15) is 5.10 Å². The summed E-state index contributed by atoms with van der Waals surface area (Å²) in [6.07, 6.45) is 0.0413.